The SMILES string of the molecule is Cc1nc(-c2cccc(C(=O)N3CCO[C@@H](CC(=O)O)C3)c2)cs1. The average molecular weight is 346 g/mol. The van der Waals surface area contributed by atoms with Gasteiger partial charge in [0.25, 0.3) is 5.91 Å². The van der Waals surface area contributed by atoms with E-state index in [0.29, 0.717) is 25.3 Å². The lowest BCUT2D eigenvalue weighted by molar-refractivity contribution is -0.141. The van der Waals surface area contributed by atoms with Gasteiger partial charge < -0.3 is 14.7 Å². The van der Waals surface area contributed by atoms with Crippen LogP contribution in [0.25, 0.3) is 11.3 Å². The Morgan fingerprint density at radius 3 is 3.00 bits per heavy atom. The highest BCUT2D eigenvalue weighted by Crippen LogP contribution is 2.23. The van der Waals surface area contributed by atoms with Gasteiger partial charge in [-0.15, -0.1) is 11.3 Å². The second-order valence-corrected chi connectivity index (χ2v) is 6.74. The van der Waals surface area contributed by atoms with E-state index in [-0.39, 0.29) is 12.3 Å². The fraction of sp³-hybridized carbons (Fsp3) is 0.353. The van der Waals surface area contributed by atoms with Gasteiger partial charge in [0.15, 0.2) is 0 Å². The Morgan fingerprint density at radius 1 is 1.46 bits per heavy atom. The normalized spacial score (nSPS) is 17.7. The van der Waals surface area contributed by atoms with Gasteiger partial charge in [0.2, 0.25) is 0 Å². The summed E-state index contributed by atoms with van der Waals surface area (Å²) in [6.45, 7) is 3.06. The number of amides is 1. The minimum Gasteiger partial charge on any atom is -0.481 e. The number of carbonyl (C=O) groups is 2. The lowest BCUT2D eigenvalue weighted by atomic mass is 10.1. The van der Waals surface area contributed by atoms with E-state index in [0.717, 1.165) is 16.3 Å². The van der Waals surface area contributed by atoms with Crippen molar-refractivity contribution in [2.24, 2.45) is 0 Å². The molecule has 1 fully saturated rings. The molecular weight excluding hydrogens is 328 g/mol. The van der Waals surface area contributed by atoms with E-state index in [1.165, 1.54) is 0 Å². The number of aliphatic carboxylic acids is 1. The van der Waals surface area contributed by atoms with Crippen LogP contribution in [0.3, 0.4) is 0 Å². The van der Waals surface area contributed by atoms with Crippen LogP contribution in [0, 0.1) is 6.92 Å². The fourth-order valence-corrected chi connectivity index (χ4v) is 3.33. The number of aromatic nitrogens is 1. The molecule has 1 amide bonds. The quantitative estimate of drug-likeness (QED) is 0.920. The summed E-state index contributed by atoms with van der Waals surface area (Å²) >= 11 is 1.57. The summed E-state index contributed by atoms with van der Waals surface area (Å²) in [6, 6.07) is 7.37. The van der Waals surface area contributed by atoms with Gasteiger partial charge in [-0.25, -0.2) is 4.98 Å². The highest BCUT2D eigenvalue weighted by molar-refractivity contribution is 7.09. The smallest absolute Gasteiger partial charge is 0.306 e. The molecule has 7 heteroatoms. The van der Waals surface area contributed by atoms with Crippen molar-refractivity contribution in [1.82, 2.24) is 9.88 Å². The Hall–Kier alpha value is -2.25. The van der Waals surface area contributed by atoms with Crippen molar-refractivity contribution >= 4 is 23.2 Å². The van der Waals surface area contributed by atoms with E-state index in [4.69, 9.17) is 9.84 Å². The first-order chi connectivity index (χ1) is 11.5. The van der Waals surface area contributed by atoms with Gasteiger partial charge >= 0.3 is 5.97 Å². The van der Waals surface area contributed by atoms with Crippen molar-refractivity contribution in [3.63, 3.8) is 0 Å². The molecule has 6 nitrogen and oxygen atoms in total. The third kappa shape index (κ3) is 3.80. The molecule has 0 saturated carbocycles. The van der Waals surface area contributed by atoms with Crippen LogP contribution in [-0.2, 0) is 9.53 Å². The molecule has 1 atom stereocenters. The first kappa shape index (κ1) is 16.6. The largest absolute Gasteiger partial charge is 0.481 e. The van der Waals surface area contributed by atoms with E-state index >= 15 is 0 Å². The molecule has 126 valence electrons. The zero-order chi connectivity index (χ0) is 17.1. The summed E-state index contributed by atoms with van der Waals surface area (Å²) < 4.78 is 5.42. The Bertz CT molecular complexity index is 759. The average Bonchev–Trinajstić information content (AvgIpc) is 3.00. The zero-order valence-electron chi connectivity index (χ0n) is 13.3. The van der Waals surface area contributed by atoms with Crippen molar-refractivity contribution in [1.29, 1.82) is 0 Å². The predicted octanol–water partition coefficient (Wildman–Crippen LogP) is 2.43. The molecule has 1 aliphatic rings. The number of nitrogens with zero attached hydrogens (tertiary/aromatic N) is 2. The molecule has 1 aromatic carbocycles. The number of benzene rings is 1. The highest BCUT2D eigenvalue weighted by atomic mass is 32.1. The number of aryl methyl sites for hydroxylation is 1. The molecule has 2 aromatic rings. The third-order valence-electron chi connectivity index (χ3n) is 3.85. The predicted molar refractivity (Wildman–Crippen MR) is 90.2 cm³/mol. The summed E-state index contributed by atoms with van der Waals surface area (Å²) in [6.07, 6.45) is -0.549. The summed E-state index contributed by atoms with van der Waals surface area (Å²) in [5.74, 6) is -1.03. The molecule has 0 bridgehead atoms. The van der Waals surface area contributed by atoms with Crippen molar-refractivity contribution in [2.75, 3.05) is 19.7 Å². The van der Waals surface area contributed by atoms with Gasteiger partial charge in [0.1, 0.15) is 0 Å². The lowest BCUT2D eigenvalue weighted by Crippen LogP contribution is -2.46. The lowest BCUT2D eigenvalue weighted by Gasteiger charge is -2.32. The molecule has 0 spiro atoms. The van der Waals surface area contributed by atoms with E-state index in [1.807, 2.05) is 30.5 Å². The molecule has 1 aromatic heterocycles. The Balaban J connectivity index is 1.76. The van der Waals surface area contributed by atoms with E-state index in [9.17, 15) is 9.59 Å². The van der Waals surface area contributed by atoms with Crippen LogP contribution in [0.15, 0.2) is 29.6 Å². The molecule has 1 aliphatic heterocycles. The Labute approximate surface area is 143 Å². The van der Waals surface area contributed by atoms with Crippen LogP contribution >= 0.6 is 11.3 Å². The van der Waals surface area contributed by atoms with Gasteiger partial charge in [-0.2, -0.15) is 0 Å². The maximum absolute atomic E-state index is 12.7. The maximum Gasteiger partial charge on any atom is 0.306 e. The number of morpholine rings is 1. The van der Waals surface area contributed by atoms with E-state index in [1.54, 1.807) is 22.3 Å². The molecule has 24 heavy (non-hydrogen) atoms. The highest BCUT2D eigenvalue weighted by Gasteiger charge is 2.26. The van der Waals surface area contributed by atoms with Crippen molar-refractivity contribution in [3.8, 4) is 11.3 Å². The number of hydrogen-bond acceptors (Lipinski definition) is 5. The van der Waals surface area contributed by atoms with Gasteiger partial charge in [0, 0.05) is 29.6 Å². The maximum atomic E-state index is 12.7. The summed E-state index contributed by atoms with van der Waals surface area (Å²) in [7, 11) is 0. The van der Waals surface area contributed by atoms with Crippen molar-refractivity contribution in [2.45, 2.75) is 19.4 Å². The molecular formula is C17H18N2O4S. The molecule has 2 heterocycles. The molecule has 0 aliphatic carbocycles. The summed E-state index contributed by atoms with van der Waals surface area (Å²) in [5.41, 5.74) is 2.34. The first-order valence-corrected chi connectivity index (χ1v) is 8.56. The van der Waals surface area contributed by atoms with E-state index < -0.39 is 12.1 Å². The van der Waals surface area contributed by atoms with Crippen LogP contribution in [0.1, 0.15) is 21.8 Å². The number of ether oxygens (including phenoxy) is 1. The molecule has 0 radical (unpaired) electrons. The second kappa shape index (κ2) is 7.11. The third-order valence-corrected chi connectivity index (χ3v) is 4.63. The monoisotopic (exact) mass is 346 g/mol. The zero-order valence-corrected chi connectivity index (χ0v) is 14.1. The van der Waals surface area contributed by atoms with Crippen LogP contribution in [0.5, 0.6) is 0 Å². The summed E-state index contributed by atoms with van der Waals surface area (Å²) in [5, 5.41) is 11.8. The van der Waals surface area contributed by atoms with Gasteiger partial charge in [-0.1, -0.05) is 12.1 Å². The van der Waals surface area contributed by atoms with Crippen LogP contribution in [-0.4, -0.2) is 52.7 Å². The fourth-order valence-electron chi connectivity index (χ4n) is 2.71. The number of carboxylic acid groups (broad SMARTS) is 1. The van der Waals surface area contributed by atoms with Crippen LogP contribution < -0.4 is 0 Å². The van der Waals surface area contributed by atoms with Gasteiger partial charge in [0.05, 0.1) is 29.8 Å². The number of rotatable bonds is 4. The minimum atomic E-state index is -0.921. The van der Waals surface area contributed by atoms with E-state index in [2.05, 4.69) is 4.98 Å². The Kier molecular flexibility index (Phi) is 4.92. The van der Waals surface area contributed by atoms with Gasteiger partial charge in [-0.3, -0.25) is 9.59 Å². The number of thiazole rings is 1. The Morgan fingerprint density at radius 2 is 2.29 bits per heavy atom. The topological polar surface area (TPSA) is 79.7 Å². The molecule has 0 unspecified atom stereocenters. The molecule has 1 saturated heterocycles. The van der Waals surface area contributed by atoms with Crippen LogP contribution in [0.4, 0.5) is 0 Å². The second-order valence-electron chi connectivity index (χ2n) is 5.67. The van der Waals surface area contributed by atoms with Crippen molar-refractivity contribution < 1.29 is 19.4 Å². The number of carbonyl (C=O) groups excluding carboxylic acids is 1. The first-order valence-electron chi connectivity index (χ1n) is 7.68. The number of hydrogen-bond donors (Lipinski definition) is 1. The molecule has 1 N–H and O–H groups in total. The molecule has 3 rings (SSSR count). The number of carboxylic acids is 1. The minimum absolute atomic E-state index is 0.0953. The van der Waals surface area contributed by atoms with Crippen LogP contribution in [0.2, 0.25) is 0 Å². The van der Waals surface area contributed by atoms with Crippen molar-refractivity contribution in [3.05, 3.63) is 40.2 Å². The standard InChI is InChI=1S/C17H18N2O4S/c1-11-18-15(10-24-11)12-3-2-4-13(7-12)17(22)19-5-6-23-14(9-19)8-16(20)21/h2-4,7,10,14H,5-6,8-9H2,1H3,(H,20,21)/t14-/m0/s1. The summed E-state index contributed by atoms with van der Waals surface area (Å²) in [4.78, 5) is 29.7. The van der Waals surface area contributed by atoms with Gasteiger partial charge in [-0.05, 0) is 19.1 Å².